The van der Waals surface area contributed by atoms with Gasteiger partial charge in [-0.05, 0) is 6.92 Å². The lowest BCUT2D eigenvalue weighted by Gasteiger charge is -1.88. The topological polar surface area (TPSA) is 24.7 Å². The third-order valence-electron chi connectivity index (χ3n) is 0.695. The second kappa shape index (κ2) is 1.03. The first-order valence-electron chi connectivity index (χ1n) is 1.77. The minimum atomic E-state index is -0.0417. The SMILES string of the molecule is CC1(CBr)N=N1. The standard InChI is InChI=1S/C3H5BrN2/c1-3(2-4)5-6-3/h2H2,1H3. The van der Waals surface area contributed by atoms with Crippen molar-refractivity contribution >= 4 is 15.9 Å². The maximum atomic E-state index is 3.73. The molecule has 0 aromatic rings. The summed E-state index contributed by atoms with van der Waals surface area (Å²) in [5, 5.41) is 8.32. The molecule has 3 heteroatoms. The molecule has 1 heterocycles. The molecule has 0 spiro atoms. The van der Waals surface area contributed by atoms with Gasteiger partial charge >= 0.3 is 0 Å². The molecular weight excluding hydrogens is 144 g/mol. The summed E-state index contributed by atoms with van der Waals surface area (Å²) in [7, 11) is 0. The molecule has 0 N–H and O–H groups in total. The zero-order chi connectivity index (χ0) is 4.62. The van der Waals surface area contributed by atoms with Gasteiger partial charge in [-0.15, -0.1) is 0 Å². The second-order valence-electron chi connectivity index (χ2n) is 1.55. The van der Waals surface area contributed by atoms with Crippen molar-refractivity contribution < 1.29 is 0 Å². The molecule has 1 aliphatic rings. The van der Waals surface area contributed by atoms with Gasteiger partial charge in [-0.2, -0.15) is 10.2 Å². The Morgan fingerprint density at radius 3 is 2.17 bits per heavy atom. The van der Waals surface area contributed by atoms with Crippen molar-refractivity contribution in [3.05, 3.63) is 0 Å². The van der Waals surface area contributed by atoms with Crippen LogP contribution in [0.4, 0.5) is 0 Å². The zero-order valence-corrected chi connectivity index (χ0v) is 5.07. The first-order valence-corrected chi connectivity index (χ1v) is 2.89. The van der Waals surface area contributed by atoms with Gasteiger partial charge < -0.3 is 0 Å². The highest BCUT2D eigenvalue weighted by molar-refractivity contribution is 9.09. The van der Waals surface area contributed by atoms with Gasteiger partial charge in [0.2, 0.25) is 0 Å². The van der Waals surface area contributed by atoms with Crippen LogP contribution in [0.15, 0.2) is 10.2 Å². The Morgan fingerprint density at radius 2 is 2.17 bits per heavy atom. The third kappa shape index (κ3) is 0.593. The third-order valence-corrected chi connectivity index (χ3v) is 1.76. The van der Waals surface area contributed by atoms with Gasteiger partial charge in [-0.1, -0.05) is 15.9 Å². The van der Waals surface area contributed by atoms with Crippen LogP contribution in [0.3, 0.4) is 0 Å². The summed E-state index contributed by atoms with van der Waals surface area (Å²) in [4.78, 5) is 0. The summed E-state index contributed by atoms with van der Waals surface area (Å²) >= 11 is 3.24. The van der Waals surface area contributed by atoms with Crippen molar-refractivity contribution in [2.24, 2.45) is 10.2 Å². The molecule has 34 valence electrons. The Balaban J connectivity index is 2.32. The average molecular weight is 149 g/mol. The fourth-order valence-corrected chi connectivity index (χ4v) is 0.363. The van der Waals surface area contributed by atoms with E-state index in [0.29, 0.717) is 0 Å². The molecule has 0 radical (unpaired) electrons. The number of alkyl halides is 1. The number of nitrogens with zero attached hydrogens (tertiary/aromatic N) is 2. The molecule has 0 bridgehead atoms. The molecule has 0 aliphatic carbocycles. The van der Waals surface area contributed by atoms with Crippen LogP contribution in [0.1, 0.15) is 6.92 Å². The summed E-state index contributed by atoms with van der Waals surface area (Å²) in [6, 6.07) is 0. The highest BCUT2D eigenvalue weighted by Gasteiger charge is 2.31. The van der Waals surface area contributed by atoms with Gasteiger partial charge in [-0.3, -0.25) is 0 Å². The van der Waals surface area contributed by atoms with Crippen LogP contribution in [0.2, 0.25) is 0 Å². The van der Waals surface area contributed by atoms with E-state index in [2.05, 4.69) is 26.2 Å². The monoisotopic (exact) mass is 148 g/mol. The van der Waals surface area contributed by atoms with Crippen LogP contribution >= 0.6 is 15.9 Å². The van der Waals surface area contributed by atoms with Crippen LogP contribution in [-0.4, -0.2) is 11.0 Å². The molecule has 6 heavy (non-hydrogen) atoms. The summed E-state index contributed by atoms with van der Waals surface area (Å²) in [5.74, 6) is 0. The van der Waals surface area contributed by atoms with Crippen molar-refractivity contribution in [1.29, 1.82) is 0 Å². The van der Waals surface area contributed by atoms with Crippen LogP contribution in [-0.2, 0) is 0 Å². The van der Waals surface area contributed by atoms with Crippen LogP contribution in [0.25, 0.3) is 0 Å². The van der Waals surface area contributed by atoms with Crippen molar-refractivity contribution in [2.45, 2.75) is 12.6 Å². The predicted molar refractivity (Wildman–Crippen MR) is 27.1 cm³/mol. The Bertz CT molecular complexity index is 82.8. The first-order chi connectivity index (χ1) is 2.77. The molecule has 1 aliphatic heterocycles. The minimum absolute atomic E-state index is 0.0417. The van der Waals surface area contributed by atoms with Crippen molar-refractivity contribution in [3.8, 4) is 0 Å². The van der Waals surface area contributed by atoms with Crippen molar-refractivity contribution in [3.63, 3.8) is 0 Å². The lowest BCUT2D eigenvalue weighted by molar-refractivity contribution is 0.772. The van der Waals surface area contributed by atoms with E-state index >= 15 is 0 Å². The Morgan fingerprint density at radius 1 is 1.67 bits per heavy atom. The van der Waals surface area contributed by atoms with Gasteiger partial charge in [0.1, 0.15) is 0 Å². The van der Waals surface area contributed by atoms with Gasteiger partial charge in [-0.25, -0.2) is 0 Å². The lowest BCUT2D eigenvalue weighted by Crippen LogP contribution is -2.03. The molecule has 0 aromatic carbocycles. The number of halogens is 1. The van der Waals surface area contributed by atoms with E-state index in [0.717, 1.165) is 5.33 Å². The first kappa shape index (κ1) is 4.24. The molecule has 0 aromatic heterocycles. The van der Waals surface area contributed by atoms with E-state index in [1.54, 1.807) is 0 Å². The highest BCUT2D eigenvalue weighted by Crippen LogP contribution is 2.28. The molecule has 1 rings (SSSR count). The molecule has 2 nitrogen and oxygen atoms in total. The maximum absolute atomic E-state index is 3.73. The fourth-order valence-electron chi connectivity index (χ4n) is 0.139. The molecule has 0 unspecified atom stereocenters. The average Bonchev–Trinajstić information content (AvgIpc) is 2.22. The van der Waals surface area contributed by atoms with Gasteiger partial charge in [0.15, 0.2) is 5.66 Å². The quantitative estimate of drug-likeness (QED) is 0.505. The van der Waals surface area contributed by atoms with E-state index in [1.165, 1.54) is 0 Å². The number of rotatable bonds is 1. The second-order valence-corrected chi connectivity index (χ2v) is 2.11. The highest BCUT2D eigenvalue weighted by atomic mass is 79.9. The fraction of sp³-hybridized carbons (Fsp3) is 1.00. The summed E-state index contributed by atoms with van der Waals surface area (Å²) in [6.45, 7) is 1.97. The minimum Gasteiger partial charge on any atom is -0.158 e. The largest absolute Gasteiger partial charge is 0.197 e. The summed E-state index contributed by atoms with van der Waals surface area (Å²) in [6.07, 6.45) is 0. The normalized spacial score (nSPS) is 24.3. The number of hydrogen-bond donors (Lipinski definition) is 0. The maximum Gasteiger partial charge on any atom is 0.197 e. The smallest absolute Gasteiger partial charge is 0.158 e. The van der Waals surface area contributed by atoms with Gasteiger partial charge in [0.05, 0.1) is 5.33 Å². The van der Waals surface area contributed by atoms with Crippen LogP contribution < -0.4 is 0 Å². The van der Waals surface area contributed by atoms with E-state index in [9.17, 15) is 0 Å². The lowest BCUT2D eigenvalue weighted by atomic mass is 10.3. The van der Waals surface area contributed by atoms with E-state index in [-0.39, 0.29) is 5.66 Å². The van der Waals surface area contributed by atoms with Gasteiger partial charge in [0.25, 0.3) is 0 Å². The van der Waals surface area contributed by atoms with Crippen LogP contribution in [0, 0.1) is 0 Å². The van der Waals surface area contributed by atoms with E-state index in [4.69, 9.17) is 0 Å². The summed E-state index contributed by atoms with van der Waals surface area (Å²) in [5.41, 5.74) is -0.0417. The zero-order valence-electron chi connectivity index (χ0n) is 3.48. The van der Waals surface area contributed by atoms with Gasteiger partial charge in [0, 0.05) is 0 Å². The molecule has 0 saturated carbocycles. The Hall–Kier alpha value is 0.0800. The number of hydrogen-bond acceptors (Lipinski definition) is 2. The van der Waals surface area contributed by atoms with E-state index in [1.807, 2.05) is 6.92 Å². The van der Waals surface area contributed by atoms with Crippen LogP contribution in [0.5, 0.6) is 0 Å². The molecular formula is C3H5BrN2. The van der Waals surface area contributed by atoms with Crippen molar-refractivity contribution in [1.82, 2.24) is 0 Å². The molecule has 0 saturated heterocycles. The van der Waals surface area contributed by atoms with Crippen molar-refractivity contribution in [2.75, 3.05) is 5.33 Å². The molecule has 0 amide bonds. The Labute approximate surface area is 44.8 Å². The van der Waals surface area contributed by atoms with E-state index < -0.39 is 0 Å². The summed E-state index contributed by atoms with van der Waals surface area (Å²) < 4.78 is 0. The molecule has 0 atom stereocenters. The molecule has 0 fully saturated rings. The Kier molecular flexibility index (Phi) is 0.726. The predicted octanol–water partition coefficient (Wildman–Crippen LogP) is 1.56.